The van der Waals surface area contributed by atoms with Gasteiger partial charge >= 0.3 is 0 Å². The summed E-state index contributed by atoms with van der Waals surface area (Å²) in [5.74, 6) is -1.09. The number of methoxy groups -OCH3 is 1. The van der Waals surface area contributed by atoms with Crippen LogP contribution in [-0.2, 0) is 11.3 Å². The van der Waals surface area contributed by atoms with Crippen molar-refractivity contribution in [3.05, 3.63) is 29.3 Å². The van der Waals surface area contributed by atoms with E-state index in [-0.39, 0.29) is 18.3 Å². The van der Waals surface area contributed by atoms with Crippen molar-refractivity contribution in [1.29, 1.82) is 0 Å². The quantitative estimate of drug-likeness (QED) is 0.846. The Hall–Kier alpha value is -1.20. The average Bonchev–Trinajstić information content (AvgIpc) is 3.16. The Morgan fingerprint density at radius 2 is 1.94 bits per heavy atom. The first-order valence-electron chi connectivity index (χ1n) is 6.11. The molecule has 0 aliphatic heterocycles. The third-order valence-electron chi connectivity index (χ3n) is 3.12. The second-order valence-corrected chi connectivity index (χ2v) is 4.53. The molecule has 5 heteroatoms. The molecule has 0 saturated heterocycles. The molecule has 18 heavy (non-hydrogen) atoms. The maximum absolute atomic E-state index is 14.0. The van der Waals surface area contributed by atoms with Crippen LogP contribution >= 0.6 is 0 Å². The fourth-order valence-corrected chi connectivity index (χ4v) is 2.06. The molecule has 100 valence electrons. The minimum Gasteiger partial charge on any atom is -0.383 e. The van der Waals surface area contributed by atoms with Crippen molar-refractivity contribution in [1.82, 2.24) is 0 Å². The van der Waals surface area contributed by atoms with Crippen LogP contribution < -0.4 is 10.6 Å². The molecule has 2 N–H and O–H groups in total. The zero-order chi connectivity index (χ0) is 13.1. The Labute approximate surface area is 106 Å². The average molecular weight is 256 g/mol. The molecule has 0 unspecified atom stereocenters. The van der Waals surface area contributed by atoms with Crippen molar-refractivity contribution >= 4 is 5.69 Å². The molecule has 1 aromatic rings. The predicted octanol–water partition coefficient (Wildman–Crippen LogP) is 2.04. The summed E-state index contributed by atoms with van der Waals surface area (Å²) in [7, 11) is 1.58. The van der Waals surface area contributed by atoms with Crippen LogP contribution in [0.2, 0.25) is 0 Å². The van der Waals surface area contributed by atoms with Gasteiger partial charge in [0.05, 0.1) is 6.61 Å². The normalized spacial score (nSPS) is 14.9. The van der Waals surface area contributed by atoms with E-state index in [9.17, 15) is 8.78 Å². The summed E-state index contributed by atoms with van der Waals surface area (Å²) in [6, 6.07) is 2.84. The lowest BCUT2D eigenvalue weighted by molar-refractivity contribution is 0.204. The zero-order valence-electron chi connectivity index (χ0n) is 10.5. The van der Waals surface area contributed by atoms with Crippen LogP contribution in [0.1, 0.15) is 18.4 Å². The summed E-state index contributed by atoms with van der Waals surface area (Å²) in [4.78, 5) is 1.76. The third-order valence-corrected chi connectivity index (χ3v) is 3.12. The summed E-state index contributed by atoms with van der Waals surface area (Å²) in [5.41, 5.74) is 5.92. The Kier molecular flexibility index (Phi) is 4.14. The van der Waals surface area contributed by atoms with E-state index in [1.807, 2.05) is 0 Å². The molecular weight excluding hydrogens is 238 g/mol. The Balaban J connectivity index is 2.28. The van der Waals surface area contributed by atoms with Crippen LogP contribution in [0, 0.1) is 11.6 Å². The van der Waals surface area contributed by atoms with Crippen molar-refractivity contribution in [2.75, 3.05) is 25.2 Å². The molecule has 0 heterocycles. The standard InChI is InChI=1S/C13H18F2N2O/c1-18-5-4-17(10-2-3-10)13-11(14)6-9(8-16)7-12(13)15/h6-7,10H,2-5,8,16H2,1H3. The number of anilines is 1. The van der Waals surface area contributed by atoms with Gasteiger partial charge in [-0.25, -0.2) is 8.78 Å². The summed E-state index contributed by atoms with van der Waals surface area (Å²) in [6.45, 7) is 1.08. The smallest absolute Gasteiger partial charge is 0.149 e. The monoisotopic (exact) mass is 256 g/mol. The number of halogens is 2. The van der Waals surface area contributed by atoms with E-state index < -0.39 is 11.6 Å². The van der Waals surface area contributed by atoms with Gasteiger partial charge in [-0.3, -0.25) is 0 Å². The molecule has 1 aliphatic rings. The second kappa shape index (κ2) is 5.63. The highest BCUT2D eigenvalue weighted by Gasteiger charge is 2.32. The minimum absolute atomic E-state index is 0.0479. The first-order valence-corrected chi connectivity index (χ1v) is 6.11. The maximum atomic E-state index is 14.0. The predicted molar refractivity (Wildman–Crippen MR) is 66.5 cm³/mol. The first-order chi connectivity index (χ1) is 8.67. The fourth-order valence-electron chi connectivity index (χ4n) is 2.06. The van der Waals surface area contributed by atoms with Crippen molar-refractivity contribution in [2.45, 2.75) is 25.4 Å². The molecule has 0 spiro atoms. The highest BCUT2D eigenvalue weighted by atomic mass is 19.1. The number of nitrogens with two attached hydrogens (primary N) is 1. The van der Waals surface area contributed by atoms with Crippen LogP contribution in [0.15, 0.2) is 12.1 Å². The Morgan fingerprint density at radius 1 is 1.33 bits per heavy atom. The van der Waals surface area contributed by atoms with Crippen molar-refractivity contribution in [3.8, 4) is 0 Å². The molecule has 1 saturated carbocycles. The van der Waals surface area contributed by atoms with Gasteiger partial charge in [-0.2, -0.15) is 0 Å². The Morgan fingerprint density at radius 3 is 2.39 bits per heavy atom. The highest BCUT2D eigenvalue weighted by molar-refractivity contribution is 5.52. The van der Waals surface area contributed by atoms with Gasteiger partial charge in [0.1, 0.15) is 17.3 Å². The number of hydrogen-bond acceptors (Lipinski definition) is 3. The lowest BCUT2D eigenvalue weighted by atomic mass is 10.1. The topological polar surface area (TPSA) is 38.5 Å². The second-order valence-electron chi connectivity index (χ2n) is 4.53. The molecule has 0 aromatic heterocycles. The van der Waals surface area contributed by atoms with E-state index >= 15 is 0 Å². The van der Waals surface area contributed by atoms with Crippen molar-refractivity contribution in [3.63, 3.8) is 0 Å². The minimum atomic E-state index is -0.543. The van der Waals surface area contributed by atoms with E-state index in [0.717, 1.165) is 12.8 Å². The summed E-state index contributed by atoms with van der Waals surface area (Å²) < 4.78 is 33.0. The lowest BCUT2D eigenvalue weighted by Crippen LogP contribution is -2.31. The maximum Gasteiger partial charge on any atom is 0.149 e. The summed E-state index contributed by atoms with van der Waals surface area (Å²) >= 11 is 0. The van der Waals surface area contributed by atoms with Crippen LogP contribution in [0.25, 0.3) is 0 Å². The summed E-state index contributed by atoms with van der Waals surface area (Å²) in [6.07, 6.45) is 1.95. The van der Waals surface area contributed by atoms with Gasteiger partial charge in [-0.15, -0.1) is 0 Å². The fraction of sp³-hybridized carbons (Fsp3) is 0.538. The molecular formula is C13H18F2N2O. The number of benzene rings is 1. The van der Waals surface area contributed by atoms with Crippen LogP contribution in [-0.4, -0.2) is 26.3 Å². The molecule has 1 aromatic carbocycles. The highest BCUT2D eigenvalue weighted by Crippen LogP contribution is 2.35. The van der Waals surface area contributed by atoms with Crippen LogP contribution in [0.4, 0.5) is 14.5 Å². The van der Waals surface area contributed by atoms with Gasteiger partial charge in [0.25, 0.3) is 0 Å². The van der Waals surface area contributed by atoms with Crippen molar-refractivity contribution < 1.29 is 13.5 Å². The van der Waals surface area contributed by atoms with Crippen LogP contribution in [0.3, 0.4) is 0 Å². The molecule has 3 nitrogen and oxygen atoms in total. The number of ether oxygens (including phenoxy) is 1. The molecule has 2 rings (SSSR count). The first kappa shape index (κ1) is 13.2. The molecule has 0 bridgehead atoms. The van der Waals surface area contributed by atoms with Gasteiger partial charge < -0.3 is 15.4 Å². The van der Waals surface area contributed by atoms with Gasteiger partial charge in [-0.05, 0) is 30.5 Å². The molecule has 0 radical (unpaired) electrons. The van der Waals surface area contributed by atoms with Gasteiger partial charge in [0.2, 0.25) is 0 Å². The largest absolute Gasteiger partial charge is 0.383 e. The number of hydrogen-bond donors (Lipinski definition) is 1. The number of rotatable bonds is 6. The van der Waals surface area contributed by atoms with E-state index in [1.54, 1.807) is 12.0 Å². The molecule has 0 atom stereocenters. The van der Waals surface area contributed by atoms with Gasteiger partial charge in [-0.1, -0.05) is 0 Å². The molecule has 1 fully saturated rings. The Bertz CT molecular complexity index is 398. The van der Waals surface area contributed by atoms with E-state index in [1.165, 1.54) is 12.1 Å². The van der Waals surface area contributed by atoms with Crippen molar-refractivity contribution in [2.24, 2.45) is 5.73 Å². The third kappa shape index (κ3) is 2.79. The molecule has 0 amide bonds. The molecule has 1 aliphatic carbocycles. The number of nitrogens with zero attached hydrogens (tertiary/aromatic N) is 1. The summed E-state index contributed by atoms with van der Waals surface area (Å²) in [5, 5.41) is 0. The van der Waals surface area contributed by atoms with E-state index in [0.29, 0.717) is 18.7 Å². The van der Waals surface area contributed by atoms with E-state index in [4.69, 9.17) is 10.5 Å². The lowest BCUT2D eigenvalue weighted by Gasteiger charge is -2.25. The van der Waals surface area contributed by atoms with Gasteiger partial charge in [0, 0.05) is 26.2 Å². The SMILES string of the molecule is COCCN(c1c(F)cc(CN)cc1F)C1CC1. The van der Waals surface area contributed by atoms with Gasteiger partial charge in [0.15, 0.2) is 0 Å². The van der Waals surface area contributed by atoms with E-state index in [2.05, 4.69) is 0 Å². The zero-order valence-corrected chi connectivity index (χ0v) is 10.5. The van der Waals surface area contributed by atoms with Crippen LogP contribution in [0.5, 0.6) is 0 Å².